The topological polar surface area (TPSA) is 125 Å². The molecular weight excluding hydrogens is 372 g/mol. The van der Waals surface area contributed by atoms with Gasteiger partial charge < -0.3 is 25.4 Å². The number of nitrogens with one attached hydrogen (secondary N) is 1. The number of hydrogen-bond donors (Lipinski definition) is 4. The van der Waals surface area contributed by atoms with Crippen LogP contribution in [0, 0.1) is 10.1 Å². The molecular formula is C18H20N2O6S. The van der Waals surface area contributed by atoms with E-state index >= 15 is 0 Å². The van der Waals surface area contributed by atoms with Crippen molar-refractivity contribution in [3.63, 3.8) is 0 Å². The van der Waals surface area contributed by atoms with Gasteiger partial charge in [0.15, 0.2) is 6.23 Å². The highest BCUT2D eigenvalue weighted by atomic mass is 32.2. The van der Waals surface area contributed by atoms with Gasteiger partial charge in [-0.15, -0.1) is 0 Å². The van der Waals surface area contributed by atoms with Crippen molar-refractivity contribution in [1.29, 1.82) is 0 Å². The third-order valence-corrected chi connectivity index (χ3v) is 5.22. The van der Waals surface area contributed by atoms with Gasteiger partial charge in [0.05, 0.1) is 11.0 Å². The average molecular weight is 392 g/mol. The Kier molecular flexibility index (Phi) is 5.98. The zero-order chi connectivity index (χ0) is 19.6. The minimum atomic E-state index is -1.39. The van der Waals surface area contributed by atoms with Crippen LogP contribution in [0.1, 0.15) is 6.92 Å². The number of aliphatic hydroxyl groups excluding tert-OH is 3. The number of aliphatic hydroxyl groups is 3. The fraction of sp³-hybridized carbons (Fsp3) is 0.333. The van der Waals surface area contributed by atoms with Gasteiger partial charge in [-0.05, 0) is 25.1 Å². The second-order valence-corrected chi connectivity index (χ2v) is 7.41. The highest BCUT2D eigenvalue weighted by Gasteiger charge is 2.41. The quantitative estimate of drug-likeness (QED) is 0.450. The summed E-state index contributed by atoms with van der Waals surface area (Å²) >= 11 is 1.36. The van der Waals surface area contributed by atoms with E-state index in [2.05, 4.69) is 5.32 Å². The van der Waals surface area contributed by atoms with Crippen LogP contribution in [0.15, 0.2) is 58.3 Å². The zero-order valence-electron chi connectivity index (χ0n) is 14.4. The number of nitro groups is 1. The molecule has 2 aromatic carbocycles. The first-order valence-corrected chi connectivity index (χ1v) is 9.15. The molecule has 1 aliphatic heterocycles. The Morgan fingerprint density at radius 1 is 1.04 bits per heavy atom. The van der Waals surface area contributed by atoms with Crippen LogP contribution >= 0.6 is 11.8 Å². The smallest absolute Gasteiger partial charge is 0.272 e. The molecule has 4 N–H and O–H groups in total. The molecule has 0 spiro atoms. The molecule has 0 bridgehead atoms. The minimum Gasteiger partial charge on any atom is -0.388 e. The van der Waals surface area contributed by atoms with Gasteiger partial charge in [0.1, 0.15) is 18.3 Å². The van der Waals surface area contributed by atoms with E-state index < -0.39 is 35.6 Å². The second-order valence-electron chi connectivity index (χ2n) is 6.27. The van der Waals surface area contributed by atoms with Crippen LogP contribution in [0.4, 0.5) is 11.4 Å². The van der Waals surface area contributed by atoms with Crippen molar-refractivity contribution >= 4 is 23.1 Å². The molecule has 9 heteroatoms. The number of ether oxygens (including phenoxy) is 1. The van der Waals surface area contributed by atoms with Crippen LogP contribution in [-0.2, 0) is 4.74 Å². The summed E-state index contributed by atoms with van der Waals surface area (Å²) in [5.74, 6) is 0. The summed E-state index contributed by atoms with van der Waals surface area (Å²) in [7, 11) is 0. The van der Waals surface area contributed by atoms with E-state index in [1.807, 2.05) is 30.3 Å². The van der Waals surface area contributed by atoms with Gasteiger partial charge >= 0.3 is 0 Å². The lowest BCUT2D eigenvalue weighted by molar-refractivity contribution is -0.385. The minimum absolute atomic E-state index is 0.114. The standard InChI is InChI=1S/C18H20N2O6S/c1-10-15(21)16(22)17(23)18(26-10)19-11-7-12(20(24)25)9-14(8-11)27-13-5-3-2-4-6-13/h2-10,15-19,21-23H,1H3/t10-,15+,16+,17+,18-/m0/s1. The lowest BCUT2D eigenvalue weighted by atomic mass is 9.99. The van der Waals surface area contributed by atoms with Gasteiger partial charge in [-0.2, -0.15) is 0 Å². The molecule has 1 fully saturated rings. The van der Waals surface area contributed by atoms with Crippen LogP contribution in [0.25, 0.3) is 0 Å². The Bertz CT molecular complexity index is 806. The van der Waals surface area contributed by atoms with Crippen molar-refractivity contribution in [2.24, 2.45) is 0 Å². The SMILES string of the molecule is C[C@@H]1O[C@H](Nc2cc(Sc3ccccc3)cc([N+](=O)[O-])c2)[C@H](O)[C@H](O)[C@@H]1O. The van der Waals surface area contributed by atoms with Crippen molar-refractivity contribution in [2.45, 2.75) is 47.4 Å². The number of non-ortho nitro benzene ring substituents is 1. The summed E-state index contributed by atoms with van der Waals surface area (Å²) in [4.78, 5) is 12.3. The van der Waals surface area contributed by atoms with E-state index in [0.717, 1.165) is 4.90 Å². The molecule has 2 aromatic rings. The molecule has 8 nitrogen and oxygen atoms in total. The van der Waals surface area contributed by atoms with Crippen LogP contribution in [0.5, 0.6) is 0 Å². The number of nitro benzene ring substituents is 1. The predicted octanol–water partition coefficient (Wildman–Crippen LogP) is 1.99. The molecule has 0 radical (unpaired) electrons. The van der Waals surface area contributed by atoms with Crippen LogP contribution in [-0.4, -0.2) is 50.9 Å². The lowest BCUT2D eigenvalue weighted by Crippen LogP contribution is -2.58. The Balaban J connectivity index is 1.85. The molecule has 1 aliphatic rings. The van der Waals surface area contributed by atoms with Gasteiger partial charge in [-0.3, -0.25) is 10.1 Å². The maximum absolute atomic E-state index is 11.3. The third kappa shape index (κ3) is 4.57. The third-order valence-electron chi connectivity index (χ3n) is 4.24. The van der Waals surface area contributed by atoms with Crippen molar-refractivity contribution in [3.05, 3.63) is 58.6 Å². The van der Waals surface area contributed by atoms with E-state index in [9.17, 15) is 25.4 Å². The normalized spacial score (nSPS) is 27.9. The molecule has 3 rings (SSSR count). The molecule has 0 aromatic heterocycles. The molecule has 0 aliphatic carbocycles. The number of benzene rings is 2. The first kappa shape index (κ1) is 19.6. The summed E-state index contributed by atoms with van der Waals surface area (Å²) < 4.78 is 5.50. The van der Waals surface area contributed by atoms with E-state index in [4.69, 9.17) is 4.74 Å². The molecule has 0 amide bonds. The molecule has 5 atom stereocenters. The fourth-order valence-corrected chi connectivity index (χ4v) is 3.72. The second kappa shape index (κ2) is 8.24. The maximum atomic E-state index is 11.3. The van der Waals surface area contributed by atoms with Crippen molar-refractivity contribution in [2.75, 3.05) is 5.32 Å². The summed E-state index contributed by atoms with van der Waals surface area (Å²) in [6.45, 7) is 1.57. The lowest BCUT2D eigenvalue weighted by Gasteiger charge is -2.39. The van der Waals surface area contributed by atoms with Gasteiger partial charge in [0.25, 0.3) is 5.69 Å². The van der Waals surface area contributed by atoms with Crippen molar-refractivity contribution in [3.8, 4) is 0 Å². The summed E-state index contributed by atoms with van der Waals surface area (Å²) in [6.07, 6.45) is -5.72. The fourth-order valence-electron chi connectivity index (χ4n) is 2.79. The van der Waals surface area contributed by atoms with Gasteiger partial charge in [-0.1, -0.05) is 30.0 Å². The first-order chi connectivity index (χ1) is 12.8. The van der Waals surface area contributed by atoms with E-state index in [1.54, 1.807) is 13.0 Å². The van der Waals surface area contributed by atoms with Gasteiger partial charge in [-0.25, -0.2) is 0 Å². The highest BCUT2D eigenvalue weighted by Crippen LogP contribution is 2.33. The largest absolute Gasteiger partial charge is 0.388 e. The summed E-state index contributed by atoms with van der Waals surface area (Å²) in [5.41, 5.74) is 0.250. The van der Waals surface area contributed by atoms with Crippen LogP contribution < -0.4 is 5.32 Å². The number of rotatable bonds is 5. The Hall–Kier alpha value is -2.17. The van der Waals surface area contributed by atoms with Crippen molar-refractivity contribution < 1.29 is 25.0 Å². The average Bonchev–Trinajstić information content (AvgIpc) is 2.65. The predicted molar refractivity (Wildman–Crippen MR) is 99.6 cm³/mol. The monoisotopic (exact) mass is 392 g/mol. The summed E-state index contributed by atoms with van der Waals surface area (Å²) in [6, 6.07) is 13.9. The first-order valence-electron chi connectivity index (χ1n) is 8.34. The number of anilines is 1. The molecule has 1 heterocycles. The molecule has 27 heavy (non-hydrogen) atoms. The number of hydrogen-bond acceptors (Lipinski definition) is 8. The zero-order valence-corrected chi connectivity index (χ0v) is 15.2. The summed E-state index contributed by atoms with van der Waals surface area (Å²) in [5, 5.41) is 44.0. The van der Waals surface area contributed by atoms with E-state index in [0.29, 0.717) is 10.6 Å². The Morgan fingerprint density at radius 2 is 1.74 bits per heavy atom. The molecule has 1 saturated heterocycles. The maximum Gasteiger partial charge on any atom is 0.272 e. The van der Waals surface area contributed by atoms with Crippen molar-refractivity contribution in [1.82, 2.24) is 0 Å². The van der Waals surface area contributed by atoms with Gasteiger partial charge in [0, 0.05) is 27.6 Å². The van der Waals surface area contributed by atoms with E-state index in [-0.39, 0.29) is 5.69 Å². The molecule has 0 saturated carbocycles. The Morgan fingerprint density at radius 3 is 2.41 bits per heavy atom. The van der Waals surface area contributed by atoms with E-state index in [1.165, 1.54) is 23.9 Å². The highest BCUT2D eigenvalue weighted by molar-refractivity contribution is 7.99. The number of nitrogens with zero attached hydrogens (tertiary/aromatic N) is 1. The molecule has 0 unspecified atom stereocenters. The van der Waals surface area contributed by atoms with Crippen LogP contribution in [0.2, 0.25) is 0 Å². The van der Waals surface area contributed by atoms with Crippen LogP contribution in [0.3, 0.4) is 0 Å². The Labute approximate surface area is 159 Å². The molecule has 144 valence electrons. The van der Waals surface area contributed by atoms with Gasteiger partial charge in [0.2, 0.25) is 0 Å².